The molecule has 2 aliphatic heterocycles. The van der Waals surface area contributed by atoms with Gasteiger partial charge >= 0.3 is 0 Å². The molecular formula is C30H48O2. The van der Waals surface area contributed by atoms with Crippen molar-refractivity contribution >= 4 is 0 Å². The SMILES string of the molecule is CC(C)[C@H]1CC[C@@H]2[C@]1(C)CC[C@@]1(C)[C@@]2(C)CC=C2[C@@]34CCCC(C)(C)[C@@H]3C[C@H](OC4)[C@@]21O. The minimum absolute atomic E-state index is 0.0192. The summed E-state index contributed by atoms with van der Waals surface area (Å²) in [6.07, 6.45) is 13.8. The molecule has 6 fully saturated rings. The molecule has 2 heterocycles. The summed E-state index contributed by atoms with van der Waals surface area (Å²) in [5.74, 6) is 2.95. The third kappa shape index (κ3) is 2.18. The molecule has 7 aliphatic rings. The van der Waals surface area contributed by atoms with Crippen LogP contribution in [0.5, 0.6) is 0 Å². The van der Waals surface area contributed by atoms with Crippen molar-refractivity contribution in [1.82, 2.24) is 0 Å². The van der Waals surface area contributed by atoms with E-state index in [2.05, 4.69) is 54.5 Å². The summed E-state index contributed by atoms with van der Waals surface area (Å²) in [7, 11) is 0. The number of fused-ring (bicyclic) bond motifs is 4. The van der Waals surface area contributed by atoms with Crippen LogP contribution in [0.4, 0.5) is 0 Å². The van der Waals surface area contributed by atoms with Crippen molar-refractivity contribution in [3.05, 3.63) is 11.6 Å². The van der Waals surface area contributed by atoms with Crippen molar-refractivity contribution in [3.8, 4) is 0 Å². The second-order valence-corrected chi connectivity index (χ2v) is 14.9. The van der Waals surface area contributed by atoms with E-state index in [1.54, 1.807) is 0 Å². The van der Waals surface area contributed by atoms with E-state index in [0.717, 1.165) is 37.7 Å². The van der Waals surface area contributed by atoms with E-state index in [1.807, 2.05) is 0 Å². The van der Waals surface area contributed by atoms with E-state index in [1.165, 1.54) is 44.1 Å². The van der Waals surface area contributed by atoms with Crippen molar-refractivity contribution in [2.75, 3.05) is 6.61 Å². The molecule has 4 saturated carbocycles. The van der Waals surface area contributed by atoms with Gasteiger partial charge in [-0.15, -0.1) is 0 Å². The summed E-state index contributed by atoms with van der Waals surface area (Å²) >= 11 is 0. The predicted octanol–water partition coefficient (Wildman–Crippen LogP) is 7.16. The summed E-state index contributed by atoms with van der Waals surface area (Å²) < 4.78 is 6.67. The lowest BCUT2D eigenvalue weighted by Gasteiger charge is -2.75. The summed E-state index contributed by atoms with van der Waals surface area (Å²) in [4.78, 5) is 0. The minimum atomic E-state index is -0.778. The number of hydrogen-bond acceptors (Lipinski definition) is 2. The first-order valence-corrected chi connectivity index (χ1v) is 13.9. The molecule has 1 N–H and O–H groups in total. The van der Waals surface area contributed by atoms with Crippen molar-refractivity contribution in [3.63, 3.8) is 0 Å². The molecule has 0 unspecified atom stereocenters. The normalized spacial score (nSPS) is 58.0. The molecule has 9 atom stereocenters. The molecule has 32 heavy (non-hydrogen) atoms. The molecule has 5 aliphatic carbocycles. The summed E-state index contributed by atoms with van der Waals surface area (Å²) in [6, 6.07) is 0. The Morgan fingerprint density at radius 2 is 1.72 bits per heavy atom. The first-order valence-electron chi connectivity index (χ1n) is 13.9. The van der Waals surface area contributed by atoms with Crippen LogP contribution in [0, 0.1) is 50.7 Å². The van der Waals surface area contributed by atoms with Gasteiger partial charge in [0.15, 0.2) is 0 Å². The van der Waals surface area contributed by atoms with Gasteiger partial charge in [0.1, 0.15) is 5.60 Å². The summed E-state index contributed by atoms with van der Waals surface area (Å²) in [5.41, 5.74) is 1.57. The zero-order chi connectivity index (χ0) is 22.9. The van der Waals surface area contributed by atoms with Gasteiger partial charge in [0.25, 0.3) is 0 Å². The van der Waals surface area contributed by atoms with E-state index in [-0.39, 0.29) is 22.3 Å². The van der Waals surface area contributed by atoms with Gasteiger partial charge in [-0.25, -0.2) is 0 Å². The lowest BCUT2D eigenvalue weighted by molar-refractivity contribution is -0.307. The van der Waals surface area contributed by atoms with Crippen LogP contribution >= 0.6 is 0 Å². The lowest BCUT2D eigenvalue weighted by Crippen LogP contribution is -2.77. The van der Waals surface area contributed by atoms with Crippen LogP contribution in [0.2, 0.25) is 0 Å². The molecule has 2 saturated heterocycles. The average molecular weight is 441 g/mol. The Labute approximate surface area is 197 Å². The molecule has 2 nitrogen and oxygen atoms in total. The Hall–Kier alpha value is -0.340. The fourth-order valence-electron chi connectivity index (χ4n) is 11.7. The largest absolute Gasteiger partial charge is 0.382 e. The van der Waals surface area contributed by atoms with Crippen molar-refractivity contribution in [2.45, 2.75) is 118 Å². The lowest BCUT2D eigenvalue weighted by atomic mass is 9.33. The van der Waals surface area contributed by atoms with Gasteiger partial charge in [0.05, 0.1) is 12.7 Å². The van der Waals surface area contributed by atoms with Crippen LogP contribution in [-0.4, -0.2) is 23.4 Å². The molecule has 7 rings (SSSR count). The van der Waals surface area contributed by atoms with Crippen LogP contribution in [0.1, 0.15) is 106 Å². The van der Waals surface area contributed by atoms with Crippen LogP contribution in [0.15, 0.2) is 11.6 Å². The second-order valence-electron chi connectivity index (χ2n) is 14.9. The maximum absolute atomic E-state index is 13.0. The maximum atomic E-state index is 13.0. The smallest absolute Gasteiger partial charge is 0.118 e. The van der Waals surface area contributed by atoms with E-state index >= 15 is 0 Å². The van der Waals surface area contributed by atoms with Crippen molar-refractivity contribution < 1.29 is 9.84 Å². The van der Waals surface area contributed by atoms with Crippen molar-refractivity contribution in [2.24, 2.45) is 50.7 Å². The van der Waals surface area contributed by atoms with Gasteiger partial charge in [0, 0.05) is 10.8 Å². The first-order chi connectivity index (χ1) is 14.9. The fourth-order valence-corrected chi connectivity index (χ4v) is 11.7. The Morgan fingerprint density at radius 3 is 2.44 bits per heavy atom. The third-order valence-corrected chi connectivity index (χ3v) is 13.4. The number of hydrogen-bond donors (Lipinski definition) is 1. The Kier molecular flexibility index (Phi) is 4.33. The fraction of sp³-hybridized carbons (Fsp3) is 0.933. The Bertz CT molecular complexity index is 853. The number of allylic oxidation sites excluding steroid dienone is 1. The van der Waals surface area contributed by atoms with Gasteiger partial charge in [-0.3, -0.25) is 0 Å². The Morgan fingerprint density at radius 1 is 0.969 bits per heavy atom. The van der Waals surface area contributed by atoms with E-state index in [4.69, 9.17) is 4.74 Å². The summed E-state index contributed by atoms with van der Waals surface area (Å²) in [6.45, 7) is 18.4. The highest BCUT2D eigenvalue weighted by Gasteiger charge is 2.77. The van der Waals surface area contributed by atoms with Crippen LogP contribution in [-0.2, 0) is 4.74 Å². The van der Waals surface area contributed by atoms with E-state index < -0.39 is 5.60 Å². The highest BCUT2D eigenvalue weighted by Crippen LogP contribution is 2.78. The van der Waals surface area contributed by atoms with Gasteiger partial charge in [-0.05, 0) is 96.9 Å². The minimum Gasteiger partial charge on any atom is -0.382 e. The number of aliphatic hydroxyl groups is 1. The summed E-state index contributed by atoms with van der Waals surface area (Å²) in [5, 5.41) is 13.0. The highest BCUT2D eigenvalue weighted by molar-refractivity contribution is 5.43. The standard InChI is InChI=1S/C30H48O2/c1-19(2)20-9-10-21-26(20,5)15-16-28(7)27(21,6)14-11-22-29-13-8-12-25(3,4)23(29)17-24(32-18-29)30(22,28)31/h11,19-21,23-24,31H,8-10,12-18H2,1-7H3/t20-,21-,23+,24+,26-,27+,28+,29+,30+/m1/s1. The van der Waals surface area contributed by atoms with Crippen LogP contribution in [0.25, 0.3) is 0 Å². The molecule has 0 aromatic carbocycles. The van der Waals surface area contributed by atoms with Crippen LogP contribution < -0.4 is 0 Å². The molecule has 1 spiro atoms. The molecule has 2 bridgehead atoms. The topological polar surface area (TPSA) is 29.5 Å². The average Bonchev–Trinajstić information content (AvgIpc) is 3.08. The quantitative estimate of drug-likeness (QED) is 0.438. The molecular weight excluding hydrogens is 392 g/mol. The number of rotatable bonds is 1. The van der Waals surface area contributed by atoms with Crippen molar-refractivity contribution in [1.29, 1.82) is 0 Å². The predicted molar refractivity (Wildman–Crippen MR) is 130 cm³/mol. The zero-order valence-corrected chi connectivity index (χ0v) is 21.9. The van der Waals surface area contributed by atoms with Gasteiger partial charge in [-0.2, -0.15) is 0 Å². The van der Waals surface area contributed by atoms with E-state index in [9.17, 15) is 5.11 Å². The molecule has 0 aromatic heterocycles. The monoisotopic (exact) mass is 440 g/mol. The highest BCUT2D eigenvalue weighted by atomic mass is 16.5. The Balaban J connectivity index is 1.49. The molecule has 2 heteroatoms. The van der Waals surface area contributed by atoms with Gasteiger partial charge < -0.3 is 9.84 Å². The van der Waals surface area contributed by atoms with E-state index in [0.29, 0.717) is 22.7 Å². The number of ether oxygens (including phenoxy) is 1. The van der Waals surface area contributed by atoms with Crippen LogP contribution in [0.3, 0.4) is 0 Å². The van der Waals surface area contributed by atoms with Gasteiger partial charge in [0.2, 0.25) is 0 Å². The molecule has 180 valence electrons. The first kappa shape index (κ1) is 22.1. The van der Waals surface area contributed by atoms with Gasteiger partial charge in [-0.1, -0.05) is 61.0 Å². The zero-order valence-electron chi connectivity index (χ0n) is 21.9. The molecule has 0 aromatic rings. The second kappa shape index (κ2) is 6.26. The third-order valence-electron chi connectivity index (χ3n) is 13.4. The molecule has 0 amide bonds. The molecule has 0 radical (unpaired) electrons. The maximum Gasteiger partial charge on any atom is 0.118 e.